The topological polar surface area (TPSA) is 125 Å². The molecule has 43 heavy (non-hydrogen) atoms. The third kappa shape index (κ3) is 12.3. The van der Waals surface area contributed by atoms with Crippen molar-refractivity contribution in [3.63, 3.8) is 0 Å². The number of hydrogen-bond donors (Lipinski definition) is 1. The van der Waals surface area contributed by atoms with Crippen molar-refractivity contribution in [1.29, 1.82) is 0 Å². The summed E-state index contributed by atoms with van der Waals surface area (Å²) in [6, 6.07) is 3.62. The maximum Gasteiger partial charge on any atom is 0.311 e. The molecule has 0 radical (unpaired) electrons. The molecule has 0 saturated heterocycles. The average molecular weight is 601 g/mol. The van der Waals surface area contributed by atoms with E-state index in [2.05, 4.69) is 26.5 Å². The van der Waals surface area contributed by atoms with Gasteiger partial charge in [-0.2, -0.15) is 0 Å². The standard InChI is InChI=1S/C34H48O9/c1-8-9-10-11-26-17-30(37)34(29-14-22(4)12-13-28(29)21(2)3)31(18-26)43-33(39)16-23(5)15-32(38)42-27(19-40-24(6)35)20-41-25(7)36/h14,17-18,23,27-29,37H,2,8-13,15-16,19-20H2,1,3-7H3/t23?,28-,29?/m0/s1. The Morgan fingerprint density at radius 2 is 1.63 bits per heavy atom. The maximum atomic E-state index is 13.2. The van der Waals surface area contributed by atoms with Gasteiger partial charge in [-0.1, -0.05) is 50.5 Å². The first-order chi connectivity index (χ1) is 20.3. The first-order valence-corrected chi connectivity index (χ1v) is 15.2. The van der Waals surface area contributed by atoms with Gasteiger partial charge < -0.3 is 24.1 Å². The van der Waals surface area contributed by atoms with Crippen molar-refractivity contribution in [2.45, 2.75) is 105 Å². The number of aromatic hydroxyl groups is 1. The fourth-order valence-corrected chi connectivity index (χ4v) is 5.29. The lowest BCUT2D eigenvalue weighted by Crippen LogP contribution is -2.31. The predicted octanol–water partition coefficient (Wildman–Crippen LogP) is 6.50. The molecule has 9 nitrogen and oxygen atoms in total. The number of hydrogen-bond acceptors (Lipinski definition) is 9. The lowest BCUT2D eigenvalue weighted by atomic mass is 9.73. The molecule has 1 aromatic carbocycles. The molecule has 1 aliphatic rings. The third-order valence-corrected chi connectivity index (χ3v) is 7.46. The molecule has 0 spiro atoms. The van der Waals surface area contributed by atoms with E-state index in [0.29, 0.717) is 11.3 Å². The number of rotatable bonds is 16. The van der Waals surface area contributed by atoms with Crippen LogP contribution in [0.15, 0.2) is 35.9 Å². The van der Waals surface area contributed by atoms with Crippen LogP contribution < -0.4 is 4.74 Å². The molecule has 3 atom stereocenters. The molecule has 1 aromatic rings. The van der Waals surface area contributed by atoms with Crippen LogP contribution in [-0.4, -0.2) is 48.3 Å². The molecule has 2 unspecified atom stereocenters. The second-order valence-electron chi connectivity index (χ2n) is 11.7. The SMILES string of the molecule is C=C(C)[C@@H]1CCC(C)=CC1c1c(O)cc(CCCCC)cc1OC(=O)CC(C)CC(=O)OC(COC(C)=O)COC(C)=O. The Kier molecular flexibility index (Phi) is 14.5. The van der Waals surface area contributed by atoms with E-state index >= 15 is 0 Å². The first kappa shape index (κ1) is 35.6. The fourth-order valence-electron chi connectivity index (χ4n) is 5.29. The Morgan fingerprint density at radius 1 is 1.00 bits per heavy atom. The summed E-state index contributed by atoms with van der Waals surface area (Å²) in [4.78, 5) is 48.1. The van der Waals surface area contributed by atoms with Crippen LogP contribution in [0.2, 0.25) is 0 Å². The van der Waals surface area contributed by atoms with Crippen molar-refractivity contribution in [2.24, 2.45) is 11.8 Å². The van der Waals surface area contributed by atoms with Gasteiger partial charge in [0.2, 0.25) is 0 Å². The van der Waals surface area contributed by atoms with Gasteiger partial charge in [0.1, 0.15) is 24.7 Å². The van der Waals surface area contributed by atoms with Gasteiger partial charge >= 0.3 is 23.9 Å². The zero-order chi connectivity index (χ0) is 32.1. The average Bonchev–Trinajstić information content (AvgIpc) is 2.89. The van der Waals surface area contributed by atoms with Gasteiger partial charge in [0.05, 0.1) is 0 Å². The molecule has 9 heteroatoms. The molecule has 0 amide bonds. The van der Waals surface area contributed by atoms with E-state index in [-0.39, 0.29) is 43.6 Å². The minimum atomic E-state index is -0.964. The molecule has 2 rings (SSSR count). The van der Waals surface area contributed by atoms with Crippen molar-refractivity contribution < 1.29 is 43.2 Å². The molecule has 0 heterocycles. The van der Waals surface area contributed by atoms with Crippen molar-refractivity contribution in [3.8, 4) is 11.5 Å². The zero-order valence-corrected chi connectivity index (χ0v) is 26.5. The van der Waals surface area contributed by atoms with Gasteiger partial charge in [-0.25, -0.2) is 0 Å². The van der Waals surface area contributed by atoms with Crippen LogP contribution in [0.1, 0.15) is 104 Å². The van der Waals surface area contributed by atoms with Gasteiger partial charge in [-0.15, -0.1) is 0 Å². The number of carbonyl (C=O) groups is 4. The molecule has 238 valence electrons. The third-order valence-electron chi connectivity index (χ3n) is 7.46. The molecule has 0 fully saturated rings. The predicted molar refractivity (Wildman–Crippen MR) is 163 cm³/mol. The molecular weight excluding hydrogens is 552 g/mol. The Labute approximate surface area is 255 Å². The number of ether oxygens (including phenoxy) is 4. The van der Waals surface area contributed by atoms with Crippen LogP contribution in [0.3, 0.4) is 0 Å². The number of carbonyl (C=O) groups excluding carboxylic acids is 4. The number of phenols is 1. The minimum absolute atomic E-state index is 0.0721. The Bertz CT molecular complexity index is 1160. The van der Waals surface area contributed by atoms with Gasteiger partial charge in [0.15, 0.2) is 6.10 Å². The second kappa shape index (κ2) is 17.5. The normalized spacial score (nSPS) is 17.0. The zero-order valence-electron chi connectivity index (χ0n) is 26.5. The quantitative estimate of drug-likeness (QED) is 0.0744. The number of aryl methyl sites for hydroxylation is 1. The van der Waals surface area contributed by atoms with E-state index < -0.39 is 35.9 Å². The number of esters is 4. The molecule has 0 saturated carbocycles. The Balaban J connectivity index is 2.20. The summed E-state index contributed by atoms with van der Waals surface area (Å²) in [7, 11) is 0. The Morgan fingerprint density at radius 3 is 2.21 bits per heavy atom. The molecule has 0 bridgehead atoms. The summed E-state index contributed by atoms with van der Waals surface area (Å²) >= 11 is 0. The maximum absolute atomic E-state index is 13.2. The lowest BCUT2D eigenvalue weighted by Gasteiger charge is -2.32. The monoisotopic (exact) mass is 600 g/mol. The fraction of sp³-hybridized carbons (Fsp3) is 0.588. The molecular formula is C34H48O9. The summed E-state index contributed by atoms with van der Waals surface area (Å²) in [5, 5.41) is 11.2. The van der Waals surface area contributed by atoms with E-state index in [4.69, 9.17) is 18.9 Å². The highest BCUT2D eigenvalue weighted by Gasteiger charge is 2.31. The number of phenolic OH excluding ortho intramolecular Hbond substituents is 1. The molecule has 1 aliphatic carbocycles. The van der Waals surface area contributed by atoms with Crippen LogP contribution in [0.25, 0.3) is 0 Å². The van der Waals surface area contributed by atoms with Gasteiger partial charge in [-0.05, 0) is 69.1 Å². The van der Waals surface area contributed by atoms with Gasteiger partial charge in [0.25, 0.3) is 0 Å². The van der Waals surface area contributed by atoms with Crippen molar-refractivity contribution in [2.75, 3.05) is 13.2 Å². The largest absolute Gasteiger partial charge is 0.507 e. The highest BCUT2D eigenvalue weighted by atomic mass is 16.6. The summed E-state index contributed by atoms with van der Waals surface area (Å²) in [5.41, 5.74) is 3.68. The van der Waals surface area contributed by atoms with Crippen molar-refractivity contribution >= 4 is 23.9 Å². The number of benzene rings is 1. The highest BCUT2D eigenvalue weighted by molar-refractivity contribution is 5.76. The number of unbranched alkanes of at least 4 members (excludes halogenated alkanes) is 2. The molecule has 0 aliphatic heterocycles. The van der Waals surface area contributed by atoms with Crippen molar-refractivity contribution in [1.82, 2.24) is 0 Å². The lowest BCUT2D eigenvalue weighted by molar-refractivity contribution is -0.166. The van der Waals surface area contributed by atoms with E-state index in [0.717, 1.165) is 49.7 Å². The van der Waals surface area contributed by atoms with E-state index in [1.807, 2.05) is 13.0 Å². The summed E-state index contributed by atoms with van der Waals surface area (Å²) < 4.78 is 21.1. The van der Waals surface area contributed by atoms with Crippen molar-refractivity contribution in [3.05, 3.63) is 47.1 Å². The Hall–Kier alpha value is -3.62. The summed E-state index contributed by atoms with van der Waals surface area (Å²) in [6.45, 7) is 14.0. The summed E-state index contributed by atoms with van der Waals surface area (Å²) in [6.07, 6.45) is 6.64. The molecule has 1 N–H and O–H groups in total. The second-order valence-corrected chi connectivity index (χ2v) is 11.7. The summed E-state index contributed by atoms with van der Waals surface area (Å²) in [5.74, 6) is -2.39. The number of allylic oxidation sites excluding steroid dienone is 3. The van der Waals surface area contributed by atoms with E-state index in [9.17, 15) is 24.3 Å². The van der Waals surface area contributed by atoms with E-state index in [1.54, 1.807) is 13.0 Å². The van der Waals surface area contributed by atoms with Crippen LogP contribution >= 0.6 is 0 Å². The first-order valence-electron chi connectivity index (χ1n) is 15.2. The van der Waals surface area contributed by atoms with Crippen LogP contribution in [0, 0.1) is 11.8 Å². The van der Waals surface area contributed by atoms with Gasteiger partial charge in [0, 0.05) is 38.2 Å². The van der Waals surface area contributed by atoms with Crippen LogP contribution in [0.4, 0.5) is 0 Å². The molecule has 0 aromatic heterocycles. The van der Waals surface area contributed by atoms with Gasteiger partial charge in [-0.3, -0.25) is 19.2 Å². The van der Waals surface area contributed by atoms with Crippen LogP contribution in [-0.2, 0) is 39.8 Å². The minimum Gasteiger partial charge on any atom is -0.507 e. The highest BCUT2D eigenvalue weighted by Crippen LogP contribution is 2.47. The van der Waals surface area contributed by atoms with Crippen LogP contribution in [0.5, 0.6) is 11.5 Å². The van der Waals surface area contributed by atoms with E-state index in [1.165, 1.54) is 19.4 Å². The smallest absolute Gasteiger partial charge is 0.311 e.